The van der Waals surface area contributed by atoms with E-state index in [0.29, 0.717) is 23.3 Å². The third-order valence-electron chi connectivity index (χ3n) is 4.36. The summed E-state index contributed by atoms with van der Waals surface area (Å²) in [6.07, 6.45) is 3.64. The Hall–Kier alpha value is -2.69. The van der Waals surface area contributed by atoms with Crippen molar-refractivity contribution in [1.29, 1.82) is 0 Å². The topological polar surface area (TPSA) is 46.3 Å². The summed E-state index contributed by atoms with van der Waals surface area (Å²) in [5.41, 5.74) is 1.74. The van der Waals surface area contributed by atoms with Gasteiger partial charge in [0.15, 0.2) is 0 Å². The third-order valence-corrected chi connectivity index (χ3v) is 4.36. The van der Waals surface area contributed by atoms with Crippen LogP contribution in [0.15, 0.2) is 47.1 Å². The third kappa shape index (κ3) is 2.77. The maximum atomic E-state index is 13.4. The fraction of sp³-hybridized carbons (Fsp3) is 0.263. The summed E-state index contributed by atoms with van der Waals surface area (Å²) < 4.78 is 18.7. The largest absolute Gasteiger partial charge is 0.467 e. The highest BCUT2D eigenvalue weighted by molar-refractivity contribution is 5.99. The molecule has 122 valence electrons. The number of carbonyl (C=O) groups excluding carboxylic acids is 1. The maximum Gasteiger partial charge on any atom is 0.256 e. The van der Waals surface area contributed by atoms with E-state index in [2.05, 4.69) is 4.98 Å². The first-order valence-corrected chi connectivity index (χ1v) is 8.02. The number of hydrogen-bond acceptors (Lipinski definition) is 3. The minimum absolute atomic E-state index is 0.0508. The molecule has 1 aromatic carbocycles. The van der Waals surface area contributed by atoms with E-state index in [1.54, 1.807) is 25.3 Å². The van der Waals surface area contributed by atoms with Crippen LogP contribution in [-0.4, -0.2) is 21.8 Å². The molecule has 3 aromatic rings. The molecule has 1 aliphatic rings. The van der Waals surface area contributed by atoms with E-state index < -0.39 is 0 Å². The number of fused-ring (bicyclic) bond motifs is 1. The molecule has 5 heteroatoms. The zero-order valence-corrected chi connectivity index (χ0v) is 13.3. The summed E-state index contributed by atoms with van der Waals surface area (Å²) in [7, 11) is 0. The number of aryl methyl sites for hydroxylation is 1. The number of benzene rings is 1. The number of pyridine rings is 1. The van der Waals surface area contributed by atoms with Crippen molar-refractivity contribution in [1.82, 2.24) is 9.88 Å². The molecule has 0 radical (unpaired) electrons. The highest BCUT2D eigenvalue weighted by Crippen LogP contribution is 2.31. The molecule has 0 spiro atoms. The quantitative estimate of drug-likeness (QED) is 0.726. The van der Waals surface area contributed by atoms with Crippen LogP contribution >= 0.6 is 0 Å². The van der Waals surface area contributed by atoms with Gasteiger partial charge in [0.1, 0.15) is 11.6 Å². The van der Waals surface area contributed by atoms with Crippen LogP contribution in [0, 0.1) is 12.7 Å². The summed E-state index contributed by atoms with van der Waals surface area (Å²) in [5.74, 6) is 0.389. The van der Waals surface area contributed by atoms with Crippen LogP contribution in [0.4, 0.5) is 4.39 Å². The summed E-state index contributed by atoms with van der Waals surface area (Å²) in [5, 5.41) is 0.763. The summed E-state index contributed by atoms with van der Waals surface area (Å²) in [4.78, 5) is 19.3. The van der Waals surface area contributed by atoms with Crippen molar-refractivity contribution in [3.63, 3.8) is 0 Å². The Morgan fingerprint density at radius 3 is 2.88 bits per heavy atom. The first-order valence-electron chi connectivity index (χ1n) is 8.02. The molecule has 0 bridgehead atoms. The predicted molar refractivity (Wildman–Crippen MR) is 88.0 cm³/mol. The number of furan rings is 1. The van der Waals surface area contributed by atoms with Gasteiger partial charge < -0.3 is 9.32 Å². The Labute approximate surface area is 138 Å². The van der Waals surface area contributed by atoms with Crippen molar-refractivity contribution in [3.8, 4) is 0 Å². The molecule has 4 nitrogen and oxygen atoms in total. The molecule has 2 heterocycles. The van der Waals surface area contributed by atoms with Crippen LogP contribution in [0.2, 0.25) is 0 Å². The van der Waals surface area contributed by atoms with Crippen molar-refractivity contribution in [3.05, 3.63) is 65.5 Å². The first kappa shape index (κ1) is 14.9. The molecule has 24 heavy (non-hydrogen) atoms. The zero-order chi connectivity index (χ0) is 16.7. The van der Waals surface area contributed by atoms with Gasteiger partial charge in [0.25, 0.3) is 5.91 Å². The summed E-state index contributed by atoms with van der Waals surface area (Å²) >= 11 is 0. The van der Waals surface area contributed by atoms with Gasteiger partial charge in [-0.25, -0.2) is 4.39 Å². The molecule has 1 aliphatic carbocycles. The normalized spacial score (nSPS) is 14.1. The van der Waals surface area contributed by atoms with Crippen LogP contribution in [-0.2, 0) is 6.54 Å². The van der Waals surface area contributed by atoms with Crippen LogP contribution in [0.3, 0.4) is 0 Å². The van der Waals surface area contributed by atoms with Crippen LogP contribution in [0.5, 0.6) is 0 Å². The van der Waals surface area contributed by atoms with E-state index in [9.17, 15) is 9.18 Å². The molecule has 0 atom stereocenters. The van der Waals surface area contributed by atoms with Crippen molar-refractivity contribution in [2.75, 3.05) is 0 Å². The number of carbonyl (C=O) groups is 1. The second-order valence-corrected chi connectivity index (χ2v) is 6.20. The number of halogens is 1. The zero-order valence-electron chi connectivity index (χ0n) is 13.3. The number of rotatable bonds is 4. The lowest BCUT2D eigenvalue weighted by molar-refractivity contribution is 0.0716. The molecule has 0 N–H and O–H groups in total. The second-order valence-electron chi connectivity index (χ2n) is 6.20. The van der Waals surface area contributed by atoms with Gasteiger partial charge in [-0.3, -0.25) is 9.78 Å². The molecular formula is C19H17FN2O2. The van der Waals surface area contributed by atoms with Crippen LogP contribution in [0.1, 0.15) is 34.7 Å². The van der Waals surface area contributed by atoms with Gasteiger partial charge in [-0.15, -0.1) is 0 Å². The van der Waals surface area contributed by atoms with Gasteiger partial charge in [-0.1, -0.05) is 0 Å². The van der Waals surface area contributed by atoms with Crippen molar-refractivity contribution in [2.24, 2.45) is 0 Å². The standard InChI is InChI=1S/C19H17FN2O2/c1-12-17(9-13-4-5-14(20)10-18(13)21-12)19(23)22(15-6-7-15)11-16-3-2-8-24-16/h2-5,8-10,15H,6-7,11H2,1H3. The van der Waals surface area contributed by atoms with E-state index in [1.807, 2.05) is 17.0 Å². The fourth-order valence-corrected chi connectivity index (χ4v) is 2.93. The average molecular weight is 324 g/mol. The minimum Gasteiger partial charge on any atom is -0.467 e. The summed E-state index contributed by atoms with van der Waals surface area (Å²) in [6, 6.07) is 10.2. The number of amides is 1. The maximum absolute atomic E-state index is 13.4. The van der Waals surface area contributed by atoms with Gasteiger partial charge in [-0.05, 0) is 50.1 Å². The lowest BCUT2D eigenvalue weighted by atomic mass is 10.1. The lowest BCUT2D eigenvalue weighted by Crippen LogP contribution is -2.33. The Morgan fingerprint density at radius 2 is 2.17 bits per heavy atom. The van der Waals surface area contributed by atoms with E-state index in [4.69, 9.17) is 4.42 Å². The molecule has 0 saturated heterocycles. The van der Waals surface area contributed by atoms with E-state index in [0.717, 1.165) is 24.0 Å². The Kier molecular flexibility index (Phi) is 3.56. The SMILES string of the molecule is Cc1nc2cc(F)ccc2cc1C(=O)N(Cc1ccco1)C1CC1. The Bertz CT molecular complexity index is 901. The number of hydrogen-bond donors (Lipinski definition) is 0. The fourth-order valence-electron chi connectivity index (χ4n) is 2.93. The molecule has 1 amide bonds. The Morgan fingerprint density at radius 1 is 1.33 bits per heavy atom. The van der Waals surface area contributed by atoms with Crippen molar-refractivity contribution >= 4 is 16.8 Å². The monoisotopic (exact) mass is 324 g/mol. The highest BCUT2D eigenvalue weighted by atomic mass is 19.1. The van der Waals surface area contributed by atoms with Crippen LogP contribution < -0.4 is 0 Å². The minimum atomic E-state index is -0.328. The highest BCUT2D eigenvalue weighted by Gasteiger charge is 2.34. The van der Waals surface area contributed by atoms with Crippen molar-refractivity contribution < 1.29 is 13.6 Å². The smallest absolute Gasteiger partial charge is 0.256 e. The molecule has 0 aliphatic heterocycles. The van der Waals surface area contributed by atoms with Gasteiger partial charge in [0, 0.05) is 17.5 Å². The van der Waals surface area contributed by atoms with Gasteiger partial charge in [0.2, 0.25) is 0 Å². The average Bonchev–Trinajstić information content (AvgIpc) is 3.27. The number of nitrogens with zero attached hydrogens (tertiary/aromatic N) is 2. The lowest BCUT2D eigenvalue weighted by Gasteiger charge is -2.22. The number of aromatic nitrogens is 1. The molecule has 1 saturated carbocycles. The first-order chi connectivity index (χ1) is 11.6. The predicted octanol–water partition coefficient (Wildman–Crippen LogP) is 4.08. The van der Waals surface area contributed by atoms with Gasteiger partial charge in [-0.2, -0.15) is 0 Å². The van der Waals surface area contributed by atoms with Crippen molar-refractivity contribution in [2.45, 2.75) is 32.4 Å². The second kappa shape index (κ2) is 5.74. The molecule has 1 fully saturated rings. The van der Waals surface area contributed by atoms with E-state index in [1.165, 1.54) is 12.1 Å². The molecule has 4 rings (SSSR count). The van der Waals surface area contributed by atoms with Gasteiger partial charge >= 0.3 is 0 Å². The molecular weight excluding hydrogens is 307 g/mol. The molecule has 2 aromatic heterocycles. The Balaban J connectivity index is 1.70. The van der Waals surface area contributed by atoms with E-state index in [-0.39, 0.29) is 17.8 Å². The summed E-state index contributed by atoms with van der Waals surface area (Å²) in [6.45, 7) is 2.24. The van der Waals surface area contributed by atoms with Gasteiger partial charge in [0.05, 0.1) is 29.6 Å². The van der Waals surface area contributed by atoms with Crippen LogP contribution in [0.25, 0.3) is 10.9 Å². The van der Waals surface area contributed by atoms with E-state index >= 15 is 0 Å². The molecule has 0 unspecified atom stereocenters.